The summed E-state index contributed by atoms with van der Waals surface area (Å²) in [5.41, 5.74) is 2.27. The number of esters is 1. The van der Waals surface area contributed by atoms with Crippen LogP contribution in [0.15, 0.2) is 82.0 Å². The molecule has 156 valence electrons. The molecular weight excluding hydrogens is 437 g/mol. The molecule has 1 aliphatic rings. The molecule has 3 aromatic rings. The minimum Gasteiger partial charge on any atom is -0.465 e. The van der Waals surface area contributed by atoms with E-state index >= 15 is 0 Å². The number of allylic oxidation sites excluding steroid dienone is 2. The number of ether oxygens (including phenoxy) is 1. The van der Waals surface area contributed by atoms with E-state index in [9.17, 15) is 9.59 Å². The zero-order chi connectivity index (χ0) is 22.1. The van der Waals surface area contributed by atoms with Crippen LogP contribution in [0.25, 0.3) is 17.4 Å². The number of rotatable bonds is 4. The standard InChI is InChI=1S/C24H17Cl2NO4/c1-14-22(24(29)30-2)23(28)20(27(14)16-6-4-3-5-7-16)13-17-9-11-21(31-17)15-8-10-18(25)19(26)12-15/h3-13H,1-2H3/b20-13+. The first kappa shape index (κ1) is 21.0. The molecule has 7 heteroatoms. The van der Waals surface area contributed by atoms with Crippen molar-refractivity contribution in [1.29, 1.82) is 0 Å². The van der Waals surface area contributed by atoms with E-state index < -0.39 is 11.8 Å². The second kappa shape index (κ2) is 8.46. The molecule has 0 bridgehead atoms. The lowest BCUT2D eigenvalue weighted by atomic mass is 10.1. The van der Waals surface area contributed by atoms with Crippen LogP contribution in [-0.4, -0.2) is 18.9 Å². The van der Waals surface area contributed by atoms with Gasteiger partial charge in [-0.15, -0.1) is 0 Å². The van der Waals surface area contributed by atoms with Gasteiger partial charge in [0.25, 0.3) is 0 Å². The number of halogens is 2. The third-order valence-electron chi connectivity index (χ3n) is 4.91. The van der Waals surface area contributed by atoms with Crippen molar-refractivity contribution in [2.75, 3.05) is 12.0 Å². The molecule has 31 heavy (non-hydrogen) atoms. The fraction of sp³-hybridized carbons (Fsp3) is 0.0833. The summed E-state index contributed by atoms with van der Waals surface area (Å²) >= 11 is 12.1. The van der Waals surface area contributed by atoms with E-state index in [1.165, 1.54) is 7.11 Å². The predicted octanol–water partition coefficient (Wildman–Crippen LogP) is 6.13. The third-order valence-corrected chi connectivity index (χ3v) is 5.65. The fourth-order valence-electron chi connectivity index (χ4n) is 3.44. The van der Waals surface area contributed by atoms with Crippen LogP contribution < -0.4 is 4.90 Å². The lowest BCUT2D eigenvalue weighted by molar-refractivity contribution is -0.137. The number of ketones is 1. The maximum atomic E-state index is 13.1. The van der Waals surface area contributed by atoms with E-state index in [-0.39, 0.29) is 5.57 Å². The van der Waals surface area contributed by atoms with Gasteiger partial charge in [0.1, 0.15) is 17.1 Å². The Kier molecular flexibility index (Phi) is 5.72. The van der Waals surface area contributed by atoms with Crippen molar-refractivity contribution in [3.8, 4) is 11.3 Å². The maximum absolute atomic E-state index is 13.1. The number of hydrogen-bond acceptors (Lipinski definition) is 5. The molecule has 2 aromatic carbocycles. The predicted molar refractivity (Wildman–Crippen MR) is 121 cm³/mol. The van der Waals surface area contributed by atoms with Crippen LogP contribution in [-0.2, 0) is 14.3 Å². The van der Waals surface area contributed by atoms with Crippen LogP contribution in [0.3, 0.4) is 0 Å². The molecule has 0 aliphatic carbocycles. The largest absolute Gasteiger partial charge is 0.465 e. The quantitative estimate of drug-likeness (QED) is 0.270. The zero-order valence-electron chi connectivity index (χ0n) is 16.7. The van der Waals surface area contributed by atoms with E-state index in [2.05, 4.69) is 0 Å². The number of hydrogen-bond donors (Lipinski definition) is 0. The summed E-state index contributed by atoms with van der Waals surface area (Å²) in [4.78, 5) is 27.1. The maximum Gasteiger partial charge on any atom is 0.343 e. The third kappa shape index (κ3) is 3.90. The number of carbonyl (C=O) groups is 2. The number of furan rings is 1. The number of carbonyl (C=O) groups excluding carboxylic acids is 2. The zero-order valence-corrected chi connectivity index (χ0v) is 18.2. The van der Waals surface area contributed by atoms with Crippen LogP contribution in [0, 0.1) is 0 Å². The van der Waals surface area contributed by atoms with Crippen molar-refractivity contribution in [1.82, 2.24) is 0 Å². The number of methoxy groups -OCH3 is 1. The van der Waals surface area contributed by atoms with Gasteiger partial charge in [-0.25, -0.2) is 4.79 Å². The average molecular weight is 454 g/mol. The molecule has 0 N–H and O–H groups in total. The molecule has 5 nitrogen and oxygen atoms in total. The number of nitrogens with zero attached hydrogens (tertiary/aromatic N) is 1. The summed E-state index contributed by atoms with van der Waals surface area (Å²) < 4.78 is 10.7. The van der Waals surface area contributed by atoms with E-state index in [0.29, 0.717) is 33.0 Å². The van der Waals surface area contributed by atoms with Gasteiger partial charge in [0.2, 0.25) is 5.78 Å². The van der Waals surface area contributed by atoms with E-state index in [4.69, 9.17) is 32.4 Å². The summed E-state index contributed by atoms with van der Waals surface area (Å²) in [7, 11) is 1.25. The van der Waals surface area contributed by atoms with E-state index in [1.807, 2.05) is 30.3 Å². The smallest absolute Gasteiger partial charge is 0.343 e. The molecule has 0 saturated carbocycles. The number of Topliss-reactive ketones (excluding diaryl/α,β-unsaturated/α-hetero) is 1. The lowest BCUT2D eigenvalue weighted by Gasteiger charge is -2.21. The van der Waals surface area contributed by atoms with Crippen molar-refractivity contribution in [2.45, 2.75) is 6.92 Å². The van der Waals surface area contributed by atoms with Crippen LogP contribution in [0.2, 0.25) is 10.0 Å². The lowest BCUT2D eigenvalue weighted by Crippen LogP contribution is -2.18. The highest BCUT2D eigenvalue weighted by Crippen LogP contribution is 2.36. The Morgan fingerprint density at radius 3 is 2.45 bits per heavy atom. The molecule has 0 amide bonds. The van der Waals surface area contributed by atoms with Crippen LogP contribution in [0.5, 0.6) is 0 Å². The Balaban J connectivity index is 1.77. The van der Waals surface area contributed by atoms with Gasteiger partial charge in [-0.2, -0.15) is 0 Å². The minimum atomic E-state index is -0.678. The first-order chi connectivity index (χ1) is 14.9. The molecule has 0 radical (unpaired) electrons. The topological polar surface area (TPSA) is 59.8 Å². The minimum absolute atomic E-state index is 0.00568. The molecule has 0 spiro atoms. The summed E-state index contributed by atoms with van der Waals surface area (Å²) in [5, 5.41) is 0.866. The Morgan fingerprint density at radius 1 is 1.03 bits per heavy atom. The van der Waals surface area contributed by atoms with Gasteiger partial charge in [-0.1, -0.05) is 41.4 Å². The Morgan fingerprint density at radius 2 is 1.77 bits per heavy atom. The van der Waals surface area contributed by atoms with Gasteiger partial charge >= 0.3 is 5.97 Å². The SMILES string of the molecule is COC(=O)C1=C(C)N(c2ccccc2)/C(=C/c2ccc(-c3ccc(Cl)c(Cl)c3)o2)C1=O. The number of benzene rings is 2. The first-order valence-electron chi connectivity index (χ1n) is 9.36. The van der Waals surface area contributed by atoms with Crippen LogP contribution in [0.1, 0.15) is 12.7 Å². The molecule has 0 atom stereocenters. The highest BCUT2D eigenvalue weighted by Gasteiger charge is 2.38. The molecule has 4 rings (SSSR count). The summed E-state index contributed by atoms with van der Waals surface area (Å²) in [6, 6.07) is 18.0. The van der Waals surface area contributed by atoms with Gasteiger partial charge in [-0.3, -0.25) is 4.79 Å². The summed E-state index contributed by atoms with van der Waals surface area (Å²) in [6.45, 7) is 1.71. The van der Waals surface area contributed by atoms with Crippen LogP contribution >= 0.6 is 23.2 Å². The second-order valence-corrected chi connectivity index (χ2v) is 7.63. The Bertz CT molecular complexity index is 1240. The Hall–Kier alpha value is -3.28. The highest BCUT2D eigenvalue weighted by molar-refractivity contribution is 6.42. The van der Waals surface area contributed by atoms with Gasteiger partial charge < -0.3 is 14.1 Å². The van der Waals surface area contributed by atoms with Crippen LogP contribution in [0.4, 0.5) is 5.69 Å². The Labute approximate surface area is 189 Å². The molecule has 2 heterocycles. The second-order valence-electron chi connectivity index (χ2n) is 6.81. The first-order valence-corrected chi connectivity index (χ1v) is 10.1. The number of para-hydroxylation sites is 1. The number of anilines is 1. The van der Waals surface area contributed by atoms with Gasteiger partial charge in [0, 0.05) is 23.0 Å². The monoisotopic (exact) mass is 453 g/mol. The molecule has 0 unspecified atom stereocenters. The van der Waals surface area contributed by atoms with E-state index in [0.717, 1.165) is 11.3 Å². The molecule has 1 aromatic heterocycles. The van der Waals surface area contributed by atoms with Gasteiger partial charge in [0.05, 0.1) is 22.9 Å². The van der Waals surface area contributed by atoms with E-state index in [1.54, 1.807) is 48.2 Å². The van der Waals surface area contributed by atoms with Crippen molar-refractivity contribution in [3.63, 3.8) is 0 Å². The average Bonchev–Trinajstić information content (AvgIpc) is 3.33. The van der Waals surface area contributed by atoms with Gasteiger partial charge in [-0.05, 0) is 49.4 Å². The molecule has 0 fully saturated rings. The summed E-state index contributed by atoms with van der Waals surface area (Å²) in [5.74, 6) is -0.0901. The van der Waals surface area contributed by atoms with Crippen molar-refractivity contribution >= 4 is 46.7 Å². The van der Waals surface area contributed by atoms with Crippen molar-refractivity contribution < 1.29 is 18.7 Å². The molecule has 0 saturated heterocycles. The fourth-order valence-corrected chi connectivity index (χ4v) is 3.74. The molecular formula is C24H17Cl2NO4. The normalized spacial score (nSPS) is 15.2. The van der Waals surface area contributed by atoms with Crippen molar-refractivity contribution in [3.05, 3.63) is 93.4 Å². The van der Waals surface area contributed by atoms with Crippen molar-refractivity contribution in [2.24, 2.45) is 0 Å². The van der Waals surface area contributed by atoms with Gasteiger partial charge in [0.15, 0.2) is 0 Å². The summed E-state index contributed by atoms with van der Waals surface area (Å²) in [6.07, 6.45) is 1.61. The molecule has 1 aliphatic heterocycles. The highest BCUT2D eigenvalue weighted by atomic mass is 35.5.